The Labute approximate surface area is 555 Å². The minimum atomic E-state index is -3.29. The van der Waals surface area contributed by atoms with Crippen LogP contribution in [-0.4, -0.2) is 194 Å². The zero-order valence-electron chi connectivity index (χ0n) is 51.9. The van der Waals surface area contributed by atoms with Gasteiger partial charge in [0.05, 0.1) is 63.6 Å². The molecule has 0 aromatic rings. The minimum Gasteiger partial charge on any atom is -0.455 e. The molecule has 0 aromatic heterocycles. The van der Waals surface area contributed by atoms with E-state index in [2.05, 4.69) is 59.0 Å². The van der Waals surface area contributed by atoms with E-state index in [1.54, 1.807) is 18.7 Å². The summed E-state index contributed by atoms with van der Waals surface area (Å²) in [5, 5.41) is 17.6. The smallest absolute Gasteiger partial charge is 0.334 e. The number of hydrogen-bond donors (Lipinski definition) is 0. The zero-order valence-corrected chi connectivity index (χ0v) is 57.6. The van der Waals surface area contributed by atoms with Crippen LogP contribution in [-0.2, 0) is 106 Å². The maximum atomic E-state index is 11.5. The molecule has 0 aliphatic carbocycles. The van der Waals surface area contributed by atoms with Gasteiger partial charge in [0.2, 0.25) is 0 Å². The van der Waals surface area contributed by atoms with Crippen LogP contribution in [0.1, 0.15) is 104 Å². The highest BCUT2D eigenvalue weighted by Crippen LogP contribution is 2.49. The molecular formula is C62H76N2O22S7. The Balaban J connectivity index is 0.000000140. The molecule has 0 radical (unpaired) electrons. The molecule has 24 nitrogen and oxygen atoms in total. The fourth-order valence-electron chi connectivity index (χ4n) is 13.4. The highest BCUT2D eigenvalue weighted by atomic mass is 32.2. The van der Waals surface area contributed by atoms with Crippen LogP contribution in [0.15, 0.2) is 85.1 Å². The normalized spacial score (nSPS) is 35.9. The number of esters is 7. The van der Waals surface area contributed by atoms with E-state index < -0.39 is 96.4 Å². The summed E-state index contributed by atoms with van der Waals surface area (Å²) >= 11 is 5.48. The fraction of sp³-hybridized carbons (Fsp3) is 0.629. The van der Waals surface area contributed by atoms with E-state index in [1.165, 1.54) is 0 Å². The Morgan fingerprint density at radius 1 is 0.409 bits per heavy atom. The Hall–Kier alpha value is -5.70. The molecule has 14 aliphatic heterocycles. The molecule has 508 valence electrons. The van der Waals surface area contributed by atoms with Crippen molar-refractivity contribution in [3.05, 3.63) is 85.1 Å². The first-order chi connectivity index (χ1) is 43.1. The number of rotatable bonds is 0. The first-order valence-electron chi connectivity index (χ1n) is 29.9. The van der Waals surface area contributed by atoms with Crippen molar-refractivity contribution in [2.24, 2.45) is 11.8 Å². The second-order valence-electron chi connectivity index (χ2n) is 26.1. The zero-order chi connectivity index (χ0) is 68.8. The summed E-state index contributed by atoms with van der Waals surface area (Å²) in [6.45, 7) is 29.0. The molecule has 14 saturated heterocycles. The number of hydrogen-bond acceptors (Lipinski definition) is 27. The summed E-state index contributed by atoms with van der Waals surface area (Å²) in [7, 11) is -12.3. The third kappa shape index (κ3) is 16.1. The average Bonchev–Trinajstić information content (AvgIpc) is 1.62. The van der Waals surface area contributed by atoms with E-state index in [4.69, 9.17) is 43.7 Å². The van der Waals surface area contributed by atoms with E-state index >= 15 is 0 Å². The molecule has 9 unspecified atom stereocenters. The highest BCUT2D eigenvalue weighted by molar-refractivity contribution is 8.00. The summed E-state index contributed by atoms with van der Waals surface area (Å²) in [5.41, 5.74) is -0.927. The molecule has 14 heterocycles. The van der Waals surface area contributed by atoms with E-state index in [9.17, 15) is 67.2 Å². The van der Waals surface area contributed by atoms with Crippen LogP contribution in [0.4, 0.5) is 0 Å². The quantitative estimate of drug-likeness (QED) is 0.168. The minimum absolute atomic E-state index is 0.0369. The summed E-state index contributed by atoms with van der Waals surface area (Å²) in [6, 6.07) is 4.09. The summed E-state index contributed by atoms with van der Waals surface area (Å²) in [6.07, 6.45) is 8.02. The van der Waals surface area contributed by atoms with Crippen LogP contribution in [0.3, 0.4) is 0 Å². The van der Waals surface area contributed by atoms with Crippen LogP contribution in [0.25, 0.3) is 0 Å². The van der Waals surface area contributed by atoms with E-state index in [0.717, 1.165) is 60.9 Å². The van der Waals surface area contributed by atoms with Gasteiger partial charge in [0.25, 0.3) is 0 Å². The van der Waals surface area contributed by atoms with Crippen molar-refractivity contribution < 1.29 is 100 Å². The molecule has 0 aromatic carbocycles. The summed E-state index contributed by atoms with van der Waals surface area (Å²) < 4.78 is 127. The van der Waals surface area contributed by atoms with Crippen molar-refractivity contribution in [1.82, 2.24) is 0 Å². The number of thioether (sulfide) groups is 3. The highest BCUT2D eigenvalue weighted by Gasteiger charge is 2.59. The molecule has 7 spiro atoms. The lowest BCUT2D eigenvalue weighted by molar-refractivity contribution is -0.148. The molecule has 31 heteroatoms. The molecule has 0 bridgehead atoms. The third-order valence-electron chi connectivity index (χ3n) is 19.1. The molecule has 0 N–H and O–H groups in total. The topological polar surface area (TPSA) is 368 Å². The molecule has 14 fully saturated rings. The molecule has 93 heavy (non-hydrogen) atoms. The molecular weight excluding hydrogens is 1350 g/mol. The van der Waals surface area contributed by atoms with Crippen LogP contribution < -0.4 is 0 Å². The molecule has 14 aliphatic rings. The van der Waals surface area contributed by atoms with Crippen molar-refractivity contribution in [2.75, 3.05) is 69.0 Å². The van der Waals surface area contributed by atoms with E-state index in [0.29, 0.717) is 90.1 Å². The van der Waals surface area contributed by atoms with Gasteiger partial charge in [0, 0.05) is 126 Å². The van der Waals surface area contributed by atoms with Crippen LogP contribution >= 0.6 is 35.3 Å². The van der Waals surface area contributed by atoms with Gasteiger partial charge in [-0.3, -0.25) is 0 Å². The summed E-state index contributed by atoms with van der Waals surface area (Å²) in [5.74, 6) is 1.25. The predicted molar refractivity (Wildman–Crippen MR) is 344 cm³/mol. The van der Waals surface area contributed by atoms with Crippen molar-refractivity contribution in [3.63, 3.8) is 0 Å². The number of nitrogens with zero attached hydrogens (tertiary/aromatic N) is 2. The maximum Gasteiger partial charge on any atom is 0.334 e. The Morgan fingerprint density at radius 3 is 1.18 bits per heavy atom. The van der Waals surface area contributed by atoms with Gasteiger partial charge < -0.3 is 33.2 Å². The SMILES string of the molecule is C=C1CC2(CCS(=O)(=O)C2)OC1=O.C=C1CC2(CCS(=O)(=O)C2C)OC1=O.C=C1CC2(CCS(=O)(=O)CC2)OC1=O.C=C1CC2(CCSC2C)OC1=O.C=C1CC2(CCSCC2)OC1=O.C=C1CC2(CS(=O)(=O)CC2C#N)OC1=O.C=C1CC2(CSCC2C#N)OC1=O. The van der Waals surface area contributed by atoms with Gasteiger partial charge in [-0.1, -0.05) is 46.1 Å². The van der Waals surface area contributed by atoms with Gasteiger partial charge in [-0.2, -0.15) is 45.8 Å². The van der Waals surface area contributed by atoms with Gasteiger partial charge in [0.15, 0.2) is 39.3 Å². The maximum absolute atomic E-state index is 11.5. The van der Waals surface area contributed by atoms with E-state index in [1.807, 2.05) is 29.6 Å². The van der Waals surface area contributed by atoms with Crippen molar-refractivity contribution in [2.45, 2.75) is 153 Å². The predicted octanol–water partition coefficient (Wildman–Crippen LogP) is 5.34. The first kappa shape index (κ1) is 73.1. The second-order valence-corrected chi connectivity index (χ2v) is 38.8. The Kier molecular flexibility index (Phi) is 21.3. The lowest BCUT2D eigenvalue weighted by Crippen LogP contribution is -2.38. The van der Waals surface area contributed by atoms with Crippen LogP contribution in [0, 0.1) is 34.5 Å². The number of carbonyl (C=O) groups is 7. The van der Waals surface area contributed by atoms with Gasteiger partial charge in [-0.25, -0.2) is 67.2 Å². The van der Waals surface area contributed by atoms with Gasteiger partial charge in [0.1, 0.15) is 45.1 Å². The number of nitriles is 2. The van der Waals surface area contributed by atoms with Crippen LogP contribution in [0.5, 0.6) is 0 Å². The van der Waals surface area contributed by atoms with Crippen LogP contribution in [0.2, 0.25) is 0 Å². The molecule has 0 amide bonds. The number of sulfone groups is 4. The second kappa shape index (κ2) is 27.1. The molecule has 9 atom stereocenters. The largest absolute Gasteiger partial charge is 0.455 e. The van der Waals surface area contributed by atoms with E-state index in [-0.39, 0.29) is 93.3 Å². The number of carbonyl (C=O) groups excluding carboxylic acids is 7. The third-order valence-corrected chi connectivity index (χ3v) is 30.2. The first-order valence-corrected chi connectivity index (χ1v) is 40.5. The Bertz CT molecular complexity index is 3700. The van der Waals surface area contributed by atoms with Gasteiger partial charge in [-0.15, -0.1) is 0 Å². The average molecular weight is 1430 g/mol. The van der Waals surface area contributed by atoms with Crippen molar-refractivity contribution >= 4 is 116 Å². The van der Waals surface area contributed by atoms with Crippen molar-refractivity contribution in [3.8, 4) is 12.1 Å². The standard InChI is InChI=1S/C9H9NO4S.C9H9NO2S.2C9H12O4S.2C9H12O2S.C8H10O4S/c1-6-2-9(14-8(6)11)5-15(12,13)4-7(9)3-10;1-6-2-9(12-8(6)11)5-13-4-7(9)3-10;1-6-5-9(13-8(6)10)3-4-14(11,12)7(9)2;1-7-6-9(13-8(7)10)2-4-14(11,12)5-3-9;1-6-5-9(11-8(6)10)3-4-12-7(9)2;1-7-6-9(11-8(7)10)2-4-12-5-3-9;1-6-4-8(12-7(6)9)2-3-13(10,11)5-8/h7H,1-2,4-5H2;7H,1-2,4-5H2;7H,1,3-5H2,2H3;1-6H2;7H,1,3-5H2,2H3;1-6H2;1-5H2. The lowest BCUT2D eigenvalue weighted by atomic mass is 9.88. The van der Waals surface area contributed by atoms with Crippen molar-refractivity contribution in [1.29, 1.82) is 10.5 Å². The molecule has 0 saturated carbocycles. The number of ether oxygens (including phenoxy) is 7. The fourth-order valence-corrected chi connectivity index (χ4v) is 25.0. The monoisotopic (exact) mass is 1420 g/mol. The van der Waals surface area contributed by atoms with Gasteiger partial charge in [-0.05, 0) is 50.4 Å². The van der Waals surface area contributed by atoms with Gasteiger partial charge >= 0.3 is 41.8 Å². The lowest BCUT2D eigenvalue weighted by Gasteiger charge is -2.30. The Morgan fingerprint density at radius 2 is 0.806 bits per heavy atom. The summed E-state index contributed by atoms with van der Waals surface area (Å²) in [4.78, 5) is 77.9. The molecule has 14 rings (SSSR count).